The van der Waals surface area contributed by atoms with Gasteiger partial charge in [0.2, 0.25) is 0 Å². The number of nitrogens with two attached hydrogens (primary N) is 1. The van der Waals surface area contributed by atoms with Crippen molar-refractivity contribution in [1.82, 2.24) is 0 Å². The smallest absolute Gasteiger partial charge is 0.382 e. The molecule has 0 bridgehead atoms. The highest BCUT2D eigenvalue weighted by Crippen LogP contribution is 2.27. The van der Waals surface area contributed by atoms with Crippen molar-refractivity contribution in [2.45, 2.75) is 43.5 Å². The lowest BCUT2D eigenvalue weighted by atomic mass is 10.0. The summed E-state index contributed by atoms with van der Waals surface area (Å²) in [4.78, 5) is 0. The summed E-state index contributed by atoms with van der Waals surface area (Å²) in [7, 11) is 0. The summed E-state index contributed by atoms with van der Waals surface area (Å²) in [5.41, 5.74) is 5.37. The van der Waals surface area contributed by atoms with Crippen LogP contribution in [0.1, 0.15) is 25.7 Å². The molecule has 0 aliphatic heterocycles. The van der Waals surface area contributed by atoms with E-state index in [1.165, 1.54) is 0 Å². The Morgan fingerprint density at radius 3 is 2.33 bits per heavy atom. The van der Waals surface area contributed by atoms with Crippen LogP contribution in [0.2, 0.25) is 0 Å². The first-order chi connectivity index (χ1) is 6.83. The van der Waals surface area contributed by atoms with E-state index in [1.54, 1.807) is 0 Å². The maximum Gasteiger partial charge on any atom is 0.416 e. The number of halogens is 3. The van der Waals surface area contributed by atoms with E-state index in [9.17, 15) is 13.2 Å². The van der Waals surface area contributed by atoms with Crippen molar-refractivity contribution in [2.75, 3.05) is 13.2 Å². The van der Waals surface area contributed by atoms with Gasteiger partial charge in [-0.3, -0.25) is 0 Å². The number of aliphatic hydroxyl groups is 1. The van der Waals surface area contributed by atoms with Crippen LogP contribution in [0.5, 0.6) is 0 Å². The second kappa shape index (κ2) is 4.67. The molecule has 0 amide bonds. The van der Waals surface area contributed by atoms with Crippen molar-refractivity contribution in [3.63, 3.8) is 0 Å². The molecular formula is C9H16F3NO2. The van der Waals surface area contributed by atoms with Crippen LogP contribution in [0, 0.1) is 0 Å². The molecule has 15 heavy (non-hydrogen) atoms. The van der Waals surface area contributed by atoms with Gasteiger partial charge in [-0.25, -0.2) is 0 Å². The molecule has 1 atom stereocenters. The third-order valence-corrected chi connectivity index (χ3v) is 2.64. The van der Waals surface area contributed by atoms with Gasteiger partial charge in [-0.2, -0.15) is 13.2 Å². The monoisotopic (exact) mass is 227 g/mol. The Labute approximate surface area is 86.4 Å². The Morgan fingerprint density at radius 2 is 1.87 bits per heavy atom. The minimum absolute atomic E-state index is 0.0835. The van der Waals surface area contributed by atoms with E-state index in [4.69, 9.17) is 15.6 Å². The molecule has 1 aliphatic rings. The molecule has 1 saturated carbocycles. The highest BCUT2D eigenvalue weighted by Gasteiger charge is 2.39. The lowest BCUT2D eigenvalue weighted by Crippen LogP contribution is -2.43. The fourth-order valence-electron chi connectivity index (χ4n) is 1.69. The summed E-state index contributed by atoms with van der Waals surface area (Å²) in [6.45, 7) is -0.650. The normalized spacial score (nSPS) is 23.0. The van der Waals surface area contributed by atoms with Gasteiger partial charge < -0.3 is 15.6 Å². The lowest BCUT2D eigenvalue weighted by molar-refractivity contribution is -0.218. The largest absolute Gasteiger partial charge is 0.416 e. The van der Waals surface area contributed by atoms with Crippen LogP contribution < -0.4 is 5.73 Å². The van der Waals surface area contributed by atoms with Gasteiger partial charge in [0.15, 0.2) is 6.10 Å². The average Bonchev–Trinajstić information content (AvgIpc) is 2.50. The Kier molecular flexibility index (Phi) is 3.97. The molecule has 0 heterocycles. The number of hydrogen-bond donors (Lipinski definition) is 2. The van der Waals surface area contributed by atoms with E-state index >= 15 is 0 Å². The Morgan fingerprint density at radius 1 is 1.33 bits per heavy atom. The molecule has 90 valence electrons. The van der Waals surface area contributed by atoms with Gasteiger partial charge in [0.05, 0.1) is 13.2 Å². The van der Waals surface area contributed by atoms with E-state index in [0.29, 0.717) is 0 Å². The van der Waals surface area contributed by atoms with Gasteiger partial charge in [0, 0.05) is 5.54 Å². The van der Waals surface area contributed by atoms with Gasteiger partial charge in [0.25, 0.3) is 0 Å². The molecular weight excluding hydrogens is 211 g/mol. The van der Waals surface area contributed by atoms with Crippen LogP contribution in [-0.2, 0) is 4.74 Å². The fraction of sp³-hybridized carbons (Fsp3) is 1.00. The van der Waals surface area contributed by atoms with Crippen LogP contribution in [0.15, 0.2) is 0 Å². The minimum Gasteiger partial charge on any atom is -0.382 e. The van der Waals surface area contributed by atoms with Gasteiger partial charge in [-0.15, -0.1) is 0 Å². The number of alkyl halides is 3. The minimum atomic E-state index is -4.61. The second-order valence-corrected chi connectivity index (χ2v) is 4.14. The van der Waals surface area contributed by atoms with Gasteiger partial charge >= 0.3 is 6.18 Å². The van der Waals surface area contributed by atoms with E-state index in [-0.39, 0.29) is 6.61 Å². The Balaban J connectivity index is 2.21. The fourth-order valence-corrected chi connectivity index (χ4v) is 1.69. The maximum absolute atomic E-state index is 11.9. The van der Waals surface area contributed by atoms with Crippen LogP contribution in [0.25, 0.3) is 0 Å². The predicted molar refractivity (Wildman–Crippen MR) is 48.3 cm³/mol. The van der Waals surface area contributed by atoms with Crippen molar-refractivity contribution in [1.29, 1.82) is 0 Å². The molecule has 3 nitrogen and oxygen atoms in total. The van der Waals surface area contributed by atoms with Crippen molar-refractivity contribution >= 4 is 0 Å². The van der Waals surface area contributed by atoms with Gasteiger partial charge in [-0.05, 0) is 12.8 Å². The molecule has 1 fully saturated rings. The average molecular weight is 227 g/mol. The van der Waals surface area contributed by atoms with E-state index in [0.717, 1.165) is 25.7 Å². The summed E-state index contributed by atoms with van der Waals surface area (Å²) >= 11 is 0. The number of rotatable bonds is 4. The lowest BCUT2D eigenvalue weighted by Gasteiger charge is -2.24. The predicted octanol–water partition coefficient (Wildman–Crippen LogP) is 1.20. The SMILES string of the molecule is NC1(COCC(O)C(F)(F)F)CCCC1. The van der Waals surface area contributed by atoms with Crippen LogP contribution >= 0.6 is 0 Å². The summed E-state index contributed by atoms with van der Waals surface area (Å²) in [6, 6.07) is 0. The van der Waals surface area contributed by atoms with Crippen molar-refractivity contribution in [3.8, 4) is 0 Å². The number of ether oxygens (including phenoxy) is 1. The number of hydrogen-bond acceptors (Lipinski definition) is 3. The zero-order valence-corrected chi connectivity index (χ0v) is 8.39. The summed E-state index contributed by atoms with van der Waals surface area (Å²) in [6.07, 6.45) is -3.51. The molecule has 0 saturated heterocycles. The van der Waals surface area contributed by atoms with Crippen molar-refractivity contribution in [2.24, 2.45) is 5.73 Å². The molecule has 6 heteroatoms. The Hall–Kier alpha value is -0.330. The molecule has 0 aromatic carbocycles. The van der Waals surface area contributed by atoms with Gasteiger partial charge in [-0.1, -0.05) is 12.8 Å². The topological polar surface area (TPSA) is 55.5 Å². The first-order valence-corrected chi connectivity index (χ1v) is 4.95. The third kappa shape index (κ3) is 3.96. The zero-order valence-electron chi connectivity index (χ0n) is 8.39. The molecule has 0 spiro atoms. The molecule has 1 rings (SSSR count). The van der Waals surface area contributed by atoms with Gasteiger partial charge in [0.1, 0.15) is 0 Å². The first kappa shape index (κ1) is 12.7. The molecule has 1 unspecified atom stereocenters. The number of aliphatic hydroxyl groups excluding tert-OH is 1. The molecule has 1 aliphatic carbocycles. The molecule has 0 aromatic heterocycles. The van der Waals surface area contributed by atoms with E-state index < -0.39 is 24.4 Å². The Bertz CT molecular complexity index is 202. The second-order valence-electron chi connectivity index (χ2n) is 4.14. The van der Waals surface area contributed by atoms with Crippen molar-refractivity contribution < 1.29 is 23.0 Å². The highest BCUT2D eigenvalue weighted by atomic mass is 19.4. The quantitative estimate of drug-likeness (QED) is 0.758. The van der Waals surface area contributed by atoms with E-state index in [2.05, 4.69) is 0 Å². The maximum atomic E-state index is 11.9. The zero-order chi connectivity index (χ0) is 11.5. The first-order valence-electron chi connectivity index (χ1n) is 4.95. The molecule has 3 N–H and O–H groups in total. The van der Waals surface area contributed by atoms with E-state index in [1.807, 2.05) is 0 Å². The van der Waals surface area contributed by atoms with Crippen molar-refractivity contribution in [3.05, 3.63) is 0 Å². The summed E-state index contributed by atoms with van der Waals surface area (Å²) < 4.78 is 40.5. The highest BCUT2D eigenvalue weighted by molar-refractivity contribution is 4.89. The third-order valence-electron chi connectivity index (χ3n) is 2.64. The molecule has 0 radical (unpaired) electrons. The van der Waals surface area contributed by atoms with Crippen LogP contribution in [0.4, 0.5) is 13.2 Å². The van der Waals surface area contributed by atoms with Crippen LogP contribution in [0.3, 0.4) is 0 Å². The summed E-state index contributed by atoms with van der Waals surface area (Å²) in [5, 5.41) is 8.65. The standard InChI is InChI=1S/C9H16F3NO2/c10-9(11,12)7(14)5-15-6-8(13)3-1-2-4-8/h7,14H,1-6,13H2. The molecule has 0 aromatic rings. The van der Waals surface area contributed by atoms with Crippen LogP contribution in [-0.4, -0.2) is 36.1 Å². The summed E-state index contributed by atoms with van der Waals surface area (Å²) in [5.74, 6) is 0.